The molecular weight excluding hydrogens is 373 g/mol. The largest absolute Gasteiger partial charge is 0.433 e. The Balaban J connectivity index is 1.93. The van der Waals surface area contributed by atoms with Crippen LogP contribution in [0.4, 0.5) is 13.2 Å². The Morgan fingerprint density at radius 3 is 2.50 bits per heavy atom. The standard InChI is InChI=1S/C19H19F3N4O2/c1-3-26-9-8-13-15(17(26)27)24-25(2)16(13)18(28,11-4-5-11)12-6-7-14(23-10-12)19(20,21)22/h6-11,28H,3-5H2,1-2H3. The van der Waals surface area contributed by atoms with Gasteiger partial charge >= 0.3 is 6.18 Å². The van der Waals surface area contributed by atoms with Gasteiger partial charge in [-0.3, -0.25) is 14.5 Å². The molecule has 0 bridgehead atoms. The molecule has 3 heterocycles. The van der Waals surface area contributed by atoms with Gasteiger partial charge in [0.25, 0.3) is 5.56 Å². The molecule has 0 saturated heterocycles. The van der Waals surface area contributed by atoms with Crippen molar-refractivity contribution in [3.8, 4) is 0 Å². The Morgan fingerprint density at radius 2 is 1.96 bits per heavy atom. The molecule has 0 radical (unpaired) electrons. The first-order chi connectivity index (χ1) is 13.2. The molecule has 9 heteroatoms. The van der Waals surface area contributed by atoms with E-state index in [1.54, 1.807) is 19.3 Å². The molecule has 0 aromatic carbocycles. The van der Waals surface area contributed by atoms with E-state index in [1.165, 1.54) is 15.3 Å². The molecule has 0 amide bonds. The predicted octanol–water partition coefficient (Wildman–Crippen LogP) is 2.81. The normalized spacial score (nSPS) is 17.1. The molecule has 1 saturated carbocycles. The van der Waals surface area contributed by atoms with Crippen LogP contribution in [0.25, 0.3) is 10.9 Å². The second kappa shape index (κ2) is 6.16. The van der Waals surface area contributed by atoms with Crippen molar-refractivity contribution < 1.29 is 18.3 Å². The van der Waals surface area contributed by atoms with Crippen LogP contribution < -0.4 is 5.56 Å². The zero-order valence-electron chi connectivity index (χ0n) is 15.4. The minimum atomic E-state index is -4.55. The lowest BCUT2D eigenvalue weighted by atomic mass is 9.85. The van der Waals surface area contributed by atoms with Crippen molar-refractivity contribution in [3.05, 3.63) is 57.9 Å². The van der Waals surface area contributed by atoms with Gasteiger partial charge in [0.15, 0.2) is 5.52 Å². The van der Waals surface area contributed by atoms with E-state index in [1.807, 2.05) is 6.92 Å². The highest BCUT2D eigenvalue weighted by molar-refractivity contribution is 5.82. The van der Waals surface area contributed by atoms with Crippen molar-refractivity contribution in [1.29, 1.82) is 0 Å². The lowest BCUT2D eigenvalue weighted by molar-refractivity contribution is -0.141. The zero-order chi connectivity index (χ0) is 20.3. The van der Waals surface area contributed by atoms with Crippen molar-refractivity contribution in [3.63, 3.8) is 0 Å². The smallest absolute Gasteiger partial charge is 0.378 e. The van der Waals surface area contributed by atoms with Crippen molar-refractivity contribution in [2.75, 3.05) is 0 Å². The van der Waals surface area contributed by atoms with Crippen molar-refractivity contribution in [1.82, 2.24) is 19.3 Å². The monoisotopic (exact) mass is 392 g/mol. The second-order valence-corrected chi connectivity index (χ2v) is 7.11. The van der Waals surface area contributed by atoms with Crippen molar-refractivity contribution in [2.24, 2.45) is 13.0 Å². The SMILES string of the molecule is CCn1ccc2c(C(O)(c3ccc(C(F)(F)F)nc3)C3CC3)n(C)nc2c1=O. The van der Waals surface area contributed by atoms with E-state index >= 15 is 0 Å². The van der Waals surface area contributed by atoms with Gasteiger partial charge in [-0.2, -0.15) is 18.3 Å². The number of rotatable bonds is 4. The molecule has 1 aliphatic carbocycles. The first-order valence-electron chi connectivity index (χ1n) is 9.00. The Kier molecular flexibility index (Phi) is 4.11. The molecule has 3 aromatic rings. The number of nitrogens with zero attached hydrogens (tertiary/aromatic N) is 4. The minimum absolute atomic E-state index is 0.182. The van der Waals surface area contributed by atoms with Crippen LogP contribution in [0, 0.1) is 5.92 Å². The van der Waals surface area contributed by atoms with Gasteiger partial charge in [0.05, 0.1) is 5.69 Å². The van der Waals surface area contributed by atoms with E-state index in [2.05, 4.69) is 10.1 Å². The summed E-state index contributed by atoms with van der Waals surface area (Å²) in [6, 6.07) is 3.83. The van der Waals surface area contributed by atoms with E-state index in [9.17, 15) is 23.1 Å². The Morgan fingerprint density at radius 1 is 1.25 bits per heavy atom. The van der Waals surface area contributed by atoms with Gasteiger partial charge in [-0.15, -0.1) is 0 Å². The highest BCUT2D eigenvalue weighted by Crippen LogP contribution is 2.50. The summed E-state index contributed by atoms with van der Waals surface area (Å²) in [4.78, 5) is 16.1. The summed E-state index contributed by atoms with van der Waals surface area (Å²) in [5, 5.41) is 16.5. The second-order valence-electron chi connectivity index (χ2n) is 7.11. The summed E-state index contributed by atoms with van der Waals surface area (Å²) in [6.07, 6.45) is -0.422. The van der Waals surface area contributed by atoms with Crippen LogP contribution in [0.3, 0.4) is 0 Å². The average molecular weight is 392 g/mol. The highest BCUT2D eigenvalue weighted by atomic mass is 19.4. The quantitative estimate of drug-likeness (QED) is 0.741. The lowest BCUT2D eigenvalue weighted by Crippen LogP contribution is -2.33. The Labute approximate surface area is 158 Å². The fraction of sp³-hybridized carbons (Fsp3) is 0.421. The van der Waals surface area contributed by atoms with Gasteiger partial charge in [-0.05, 0) is 37.8 Å². The van der Waals surface area contributed by atoms with Crippen LogP contribution in [-0.4, -0.2) is 24.4 Å². The third-order valence-electron chi connectivity index (χ3n) is 5.33. The number of hydrogen-bond acceptors (Lipinski definition) is 4. The highest BCUT2D eigenvalue weighted by Gasteiger charge is 2.50. The molecule has 1 fully saturated rings. The maximum atomic E-state index is 12.9. The van der Waals surface area contributed by atoms with E-state index < -0.39 is 17.5 Å². The summed E-state index contributed by atoms with van der Waals surface area (Å²) in [6.45, 7) is 2.32. The molecular formula is C19H19F3N4O2. The van der Waals surface area contributed by atoms with Gasteiger partial charge in [0.1, 0.15) is 11.3 Å². The topological polar surface area (TPSA) is 72.9 Å². The minimum Gasteiger partial charge on any atom is -0.378 e. The van der Waals surface area contributed by atoms with Crippen LogP contribution in [0.15, 0.2) is 35.4 Å². The summed E-state index contributed by atoms with van der Waals surface area (Å²) in [7, 11) is 1.62. The molecule has 1 unspecified atom stereocenters. The van der Waals surface area contributed by atoms with Gasteiger partial charge in [-0.1, -0.05) is 6.07 Å². The van der Waals surface area contributed by atoms with Crippen LogP contribution in [-0.2, 0) is 25.4 Å². The van der Waals surface area contributed by atoms with Gasteiger partial charge in [0.2, 0.25) is 0 Å². The number of fused-ring (bicyclic) bond motifs is 1. The molecule has 1 aliphatic rings. The molecule has 148 valence electrons. The molecule has 28 heavy (non-hydrogen) atoms. The summed E-state index contributed by atoms with van der Waals surface area (Å²) in [5.74, 6) is -0.182. The van der Waals surface area contributed by atoms with E-state index in [0.717, 1.165) is 25.1 Å². The number of alkyl halides is 3. The number of pyridine rings is 2. The van der Waals surface area contributed by atoms with E-state index in [4.69, 9.17) is 0 Å². The zero-order valence-corrected chi connectivity index (χ0v) is 15.4. The summed E-state index contributed by atoms with van der Waals surface area (Å²) >= 11 is 0. The molecule has 0 spiro atoms. The molecule has 0 aliphatic heterocycles. The van der Waals surface area contributed by atoms with Crippen LogP contribution in [0.1, 0.15) is 36.7 Å². The van der Waals surface area contributed by atoms with E-state index in [-0.39, 0.29) is 22.6 Å². The summed E-state index contributed by atoms with van der Waals surface area (Å²) in [5.41, 5.74) is -1.99. The molecule has 1 N–H and O–H groups in total. The molecule has 6 nitrogen and oxygen atoms in total. The van der Waals surface area contributed by atoms with Gasteiger partial charge < -0.3 is 9.67 Å². The Hall–Kier alpha value is -2.68. The number of halogens is 3. The van der Waals surface area contributed by atoms with Crippen LogP contribution >= 0.6 is 0 Å². The predicted molar refractivity (Wildman–Crippen MR) is 95.6 cm³/mol. The number of hydrogen-bond donors (Lipinski definition) is 1. The molecule has 1 atom stereocenters. The van der Waals surface area contributed by atoms with Crippen LogP contribution in [0.2, 0.25) is 0 Å². The first-order valence-corrected chi connectivity index (χ1v) is 9.00. The van der Waals surface area contributed by atoms with Crippen LogP contribution in [0.5, 0.6) is 0 Å². The number of aryl methyl sites for hydroxylation is 2. The third-order valence-corrected chi connectivity index (χ3v) is 5.33. The molecule has 3 aromatic heterocycles. The van der Waals surface area contributed by atoms with Crippen molar-refractivity contribution in [2.45, 2.75) is 38.1 Å². The fourth-order valence-corrected chi connectivity index (χ4v) is 3.78. The molecule has 4 rings (SSSR count). The fourth-order valence-electron chi connectivity index (χ4n) is 3.78. The van der Waals surface area contributed by atoms with Gasteiger partial charge in [0, 0.05) is 36.9 Å². The van der Waals surface area contributed by atoms with E-state index in [0.29, 0.717) is 17.6 Å². The maximum absolute atomic E-state index is 12.9. The number of aromatic nitrogens is 4. The third kappa shape index (κ3) is 2.72. The average Bonchev–Trinajstić information content (AvgIpc) is 3.44. The number of aliphatic hydroxyl groups is 1. The van der Waals surface area contributed by atoms with Crippen molar-refractivity contribution >= 4 is 10.9 Å². The Bertz CT molecular complexity index is 1100. The maximum Gasteiger partial charge on any atom is 0.433 e. The van der Waals surface area contributed by atoms with Gasteiger partial charge in [-0.25, -0.2) is 0 Å². The lowest BCUT2D eigenvalue weighted by Gasteiger charge is -2.29. The summed E-state index contributed by atoms with van der Waals surface area (Å²) < 4.78 is 41.6. The first kappa shape index (κ1) is 18.7.